The smallest absolute Gasteiger partial charge is 0.241 e. The Kier molecular flexibility index (Phi) is 4.03. The number of nitrogens with zero attached hydrogens (tertiary/aromatic N) is 2. The first kappa shape index (κ1) is 16.2. The van der Waals surface area contributed by atoms with Crippen LogP contribution in [0.15, 0.2) is 52.0 Å². The van der Waals surface area contributed by atoms with Gasteiger partial charge < -0.3 is 14.2 Å². The first-order valence-corrected chi connectivity index (χ1v) is 8.49. The van der Waals surface area contributed by atoms with Gasteiger partial charge in [0.1, 0.15) is 13.2 Å². The zero-order valence-corrected chi connectivity index (χ0v) is 15.0. The highest BCUT2D eigenvalue weighted by Gasteiger charge is 2.48. The molecule has 0 amide bonds. The van der Waals surface area contributed by atoms with Gasteiger partial charge in [0.2, 0.25) is 5.90 Å². The first-order valence-electron chi connectivity index (χ1n) is 7.69. The molecule has 2 aromatic carbocycles. The van der Waals surface area contributed by atoms with Crippen LogP contribution in [0.4, 0.5) is 0 Å². The highest BCUT2D eigenvalue weighted by Crippen LogP contribution is 2.40. The Balaban J connectivity index is 1.90. The summed E-state index contributed by atoms with van der Waals surface area (Å²) >= 11 is 3.44. The molecule has 2 aliphatic heterocycles. The van der Waals surface area contributed by atoms with Crippen molar-refractivity contribution in [1.29, 1.82) is 0 Å². The number of methoxy groups -OCH3 is 1. The van der Waals surface area contributed by atoms with E-state index < -0.39 is 5.54 Å². The first-order chi connectivity index (χ1) is 12.1. The third-order valence-corrected chi connectivity index (χ3v) is 4.75. The third-order valence-electron chi connectivity index (χ3n) is 4.22. The van der Waals surface area contributed by atoms with Crippen molar-refractivity contribution in [1.82, 2.24) is 10.7 Å². The SMILES string of the molecule is COC1=NN(O)NC1(c1ccc(Br)cc1)c1ccc2c(c1)OCCO2. The van der Waals surface area contributed by atoms with Crippen LogP contribution in [0.1, 0.15) is 11.1 Å². The van der Waals surface area contributed by atoms with Crippen LogP contribution in [0.3, 0.4) is 0 Å². The van der Waals surface area contributed by atoms with Gasteiger partial charge in [0.25, 0.3) is 0 Å². The molecule has 0 saturated carbocycles. The molecule has 0 spiro atoms. The van der Waals surface area contributed by atoms with E-state index in [1.807, 2.05) is 42.5 Å². The molecule has 130 valence electrons. The fourth-order valence-corrected chi connectivity index (χ4v) is 3.36. The monoisotopic (exact) mass is 405 g/mol. The van der Waals surface area contributed by atoms with Crippen LogP contribution in [0, 0.1) is 0 Å². The molecule has 0 bridgehead atoms. The van der Waals surface area contributed by atoms with Crippen LogP contribution in [0.2, 0.25) is 0 Å². The molecule has 0 saturated heterocycles. The van der Waals surface area contributed by atoms with Crippen molar-refractivity contribution >= 4 is 21.8 Å². The molecule has 8 heteroatoms. The summed E-state index contributed by atoms with van der Waals surface area (Å²) < 4.78 is 17.7. The van der Waals surface area contributed by atoms with Crippen LogP contribution >= 0.6 is 15.9 Å². The van der Waals surface area contributed by atoms with Gasteiger partial charge in [-0.1, -0.05) is 44.5 Å². The van der Waals surface area contributed by atoms with Gasteiger partial charge in [-0.25, -0.2) is 0 Å². The molecule has 2 heterocycles. The topological polar surface area (TPSA) is 75.6 Å². The van der Waals surface area contributed by atoms with Crippen LogP contribution in [-0.4, -0.2) is 36.7 Å². The van der Waals surface area contributed by atoms with E-state index in [0.717, 1.165) is 15.6 Å². The van der Waals surface area contributed by atoms with E-state index in [9.17, 15) is 5.21 Å². The molecule has 7 nitrogen and oxygen atoms in total. The van der Waals surface area contributed by atoms with Gasteiger partial charge >= 0.3 is 0 Å². The minimum atomic E-state index is -0.986. The van der Waals surface area contributed by atoms with Crippen molar-refractivity contribution in [2.75, 3.05) is 20.3 Å². The number of hydrazone groups is 1. The quantitative estimate of drug-likeness (QED) is 0.799. The maximum atomic E-state index is 9.97. The molecule has 2 aliphatic rings. The predicted molar refractivity (Wildman–Crippen MR) is 93.6 cm³/mol. The predicted octanol–water partition coefficient (Wildman–Crippen LogP) is 2.63. The number of hydrazine groups is 1. The molecular formula is C17H16BrN3O4. The standard InChI is InChI=1S/C17H16BrN3O4/c1-23-16-17(20-21(22)19-16,11-2-5-13(18)6-3-11)12-4-7-14-15(10-12)25-9-8-24-14/h2-7,10,20,22H,8-9H2,1H3. The van der Waals surface area contributed by atoms with E-state index in [4.69, 9.17) is 14.2 Å². The fraction of sp³-hybridized carbons (Fsp3) is 0.235. The summed E-state index contributed by atoms with van der Waals surface area (Å²) in [5, 5.41) is 14.7. The number of hydrogen-bond acceptors (Lipinski definition) is 7. The molecule has 4 rings (SSSR count). The lowest BCUT2D eigenvalue weighted by molar-refractivity contribution is -0.136. The van der Waals surface area contributed by atoms with Gasteiger partial charge in [0.15, 0.2) is 17.0 Å². The van der Waals surface area contributed by atoms with Crippen molar-refractivity contribution in [3.05, 3.63) is 58.1 Å². The summed E-state index contributed by atoms with van der Waals surface area (Å²) in [6.45, 7) is 1.02. The van der Waals surface area contributed by atoms with E-state index in [2.05, 4.69) is 26.5 Å². The largest absolute Gasteiger partial charge is 0.486 e. The molecule has 1 unspecified atom stereocenters. The zero-order chi connectivity index (χ0) is 17.4. The molecule has 2 aromatic rings. The molecule has 0 fully saturated rings. The highest BCUT2D eigenvalue weighted by atomic mass is 79.9. The van der Waals surface area contributed by atoms with Gasteiger partial charge in [-0.05, 0) is 35.4 Å². The van der Waals surface area contributed by atoms with E-state index in [1.165, 1.54) is 7.11 Å². The van der Waals surface area contributed by atoms with Crippen molar-refractivity contribution in [3.8, 4) is 11.5 Å². The number of hydrogen-bond donors (Lipinski definition) is 2. The summed E-state index contributed by atoms with van der Waals surface area (Å²) in [7, 11) is 1.52. The molecule has 1 atom stereocenters. The number of halogens is 1. The Labute approximate surface area is 152 Å². The van der Waals surface area contributed by atoms with Gasteiger partial charge in [-0.3, -0.25) is 5.21 Å². The Bertz CT molecular complexity index is 827. The van der Waals surface area contributed by atoms with E-state index in [1.54, 1.807) is 0 Å². The van der Waals surface area contributed by atoms with Crippen LogP contribution in [0.25, 0.3) is 0 Å². The average Bonchev–Trinajstić information content (AvgIpc) is 2.99. The van der Waals surface area contributed by atoms with E-state index in [0.29, 0.717) is 35.9 Å². The summed E-state index contributed by atoms with van der Waals surface area (Å²) in [6, 6.07) is 13.3. The minimum absolute atomic E-state index is 0.314. The second kappa shape index (κ2) is 6.21. The van der Waals surface area contributed by atoms with E-state index in [-0.39, 0.29) is 0 Å². The molecular weight excluding hydrogens is 390 g/mol. The Morgan fingerprint density at radius 2 is 1.80 bits per heavy atom. The van der Waals surface area contributed by atoms with Gasteiger partial charge in [-0.2, -0.15) is 5.43 Å². The summed E-state index contributed by atoms with van der Waals surface area (Å²) in [4.78, 5) is 0. The average molecular weight is 406 g/mol. The molecule has 0 aromatic heterocycles. The van der Waals surface area contributed by atoms with Gasteiger partial charge in [0.05, 0.1) is 7.11 Å². The van der Waals surface area contributed by atoms with E-state index >= 15 is 0 Å². The van der Waals surface area contributed by atoms with Crippen LogP contribution < -0.4 is 14.9 Å². The summed E-state index contributed by atoms with van der Waals surface area (Å²) in [6.07, 6.45) is 0. The van der Waals surface area contributed by atoms with Gasteiger partial charge in [-0.15, -0.1) is 0 Å². The Hall–Kier alpha value is -2.29. The Morgan fingerprint density at radius 1 is 1.12 bits per heavy atom. The number of rotatable bonds is 2. The van der Waals surface area contributed by atoms with Gasteiger partial charge in [0, 0.05) is 4.47 Å². The molecule has 25 heavy (non-hydrogen) atoms. The number of benzene rings is 2. The van der Waals surface area contributed by atoms with Crippen molar-refractivity contribution in [3.63, 3.8) is 0 Å². The second-order valence-corrected chi connectivity index (χ2v) is 6.54. The van der Waals surface area contributed by atoms with Crippen molar-refractivity contribution < 1.29 is 19.4 Å². The lowest BCUT2D eigenvalue weighted by Gasteiger charge is -2.31. The highest BCUT2D eigenvalue weighted by molar-refractivity contribution is 9.10. The fourth-order valence-electron chi connectivity index (χ4n) is 3.10. The third kappa shape index (κ3) is 2.62. The lowest BCUT2D eigenvalue weighted by atomic mass is 9.83. The Morgan fingerprint density at radius 3 is 2.52 bits per heavy atom. The van der Waals surface area contributed by atoms with Crippen LogP contribution in [0.5, 0.6) is 11.5 Å². The minimum Gasteiger partial charge on any atom is -0.486 e. The number of fused-ring (bicyclic) bond motifs is 1. The maximum absolute atomic E-state index is 9.97. The second-order valence-electron chi connectivity index (χ2n) is 5.63. The lowest BCUT2D eigenvalue weighted by Crippen LogP contribution is -2.49. The molecule has 2 N–H and O–H groups in total. The summed E-state index contributed by atoms with van der Waals surface area (Å²) in [5.74, 6) is 1.65. The number of nitrogens with one attached hydrogen (secondary N) is 1. The van der Waals surface area contributed by atoms with Crippen LogP contribution in [-0.2, 0) is 10.3 Å². The summed E-state index contributed by atoms with van der Waals surface area (Å²) in [5.41, 5.74) is 3.64. The maximum Gasteiger partial charge on any atom is 0.241 e. The zero-order valence-electron chi connectivity index (χ0n) is 13.4. The normalized spacial score (nSPS) is 21.9. The molecule has 0 aliphatic carbocycles. The number of ether oxygens (including phenoxy) is 3. The van der Waals surface area contributed by atoms with Crippen molar-refractivity contribution in [2.45, 2.75) is 5.54 Å². The molecule has 0 radical (unpaired) electrons. The van der Waals surface area contributed by atoms with Crippen molar-refractivity contribution in [2.24, 2.45) is 5.10 Å².